The molecule has 1 fully saturated rings. The number of aliphatic carboxylic acids is 1. The van der Waals surface area contributed by atoms with Gasteiger partial charge in [-0.1, -0.05) is 6.92 Å². The molecule has 24 heavy (non-hydrogen) atoms. The number of amides is 1. The van der Waals surface area contributed by atoms with Gasteiger partial charge in [-0.05, 0) is 25.5 Å². The maximum absolute atomic E-state index is 12.4. The zero-order chi connectivity index (χ0) is 17.9. The molecule has 0 saturated heterocycles. The van der Waals surface area contributed by atoms with Crippen LogP contribution in [0.25, 0.3) is 0 Å². The Bertz CT molecular complexity index is 596. The highest BCUT2D eigenvalue weighted by molar-refractivity contribution is 5.76. The first-order valence-electron chi connectivity index (χ1n) is 7.55. The lowest BCUT2D eigenvalue weighted by Gasteiger charge is -2.42. The normalized spacial score (nSPS) is 20.7. The monoisotopic (exact) mass is 348 g/mol. The van der Waals surface area contributed by atoms with E-state index in [0.717, 1.165) is 16.9 Å². The van der Waals surface area contributed by atoms with Crippen molar-refractivity contribution in [1.29, 1.82) is 0 Å². The van der Waals surface area contributed by atoms with Crippen molar-refractivity contribution in [3.05, 3.63) is 18.0 Å². The molecule has 1 saturated carbocycles. The Hall–Kier alpha value is -2.10. The number of aromatic nitrogens is 2. The van der Waals surface area contributed by atoms with Crippen LogP contribution in [0.4, 0.5) is 13.2 Å². The first-order chi connectivity index (χ1) is 11.2. The second-order valence-corrected chi connectivity index (χ2v) is 5.74. The van der Waals surface area contributed by atoms with E-state index in [1.54, 1.807) is 0 Å². The molecule has 1 aliphatic rings. The number of carbonyl (C=O) groups is 2. The third-order valence-electron chi connectivity index (χ3n) is 3.98. The molecule has 2 rings (SSSR count). The van der Waals surface area contributed by atoms with Gasteiger partial charge in [0.2, 0.25) is 5.91 Å². The average Bonchev–Trinajstić information content (AvgIpc) is 2.88. The van der Waals surface area contributed by atoms with E-state index in [2.05, 4.69) is 10.4 Å². The van der Waals surface area contributed by atoms with E-state index in [4.69, 9.17) is 5.11 Å². The molecular formula is C14H19F3N4O3. The Morgan fingerprint density at radius 3 is 2.62 bits per heavy atom. The minimum absolute atomic E-state index is 0.0463. The van der Waals surface area contributed by atoms with E-state index in [0.29, 0.717) is 19.4 Å². The fraction of sp³-hybridized carbons (Fsp3) is 0.643. The summed E-state index contributed by atoms with van der Waals surface area (Å²) in [4.78, 5) is 24.4. The number of halogens is 3. The standard InChI is InChI=1S/C14H19F3N4O3/c1-2-20(8-13(23)24)10-5-9(6-10)18-12(22)7-21-4-3-11(19-21)14(15,16)17/h3-4,9-10H,2,5-8H2,1H3,(H,18,22)(H,23,24). The molecule has 7 nitrogen and oxygen atoms in total. The second kappa shape index (κ2) is 7.20. The van der Waals surface area contributed by atoms with Crippen molar-refractivity contribution in [2.75, 3.05) is 13.1 Å². The van der Waals surface area contributed by atoms with E-state index in [-0.39, 0.29) is 25.2 Å². The van der Waals surface area contributed by atoms with Gasteiger partial charge in [-0.3, -0.25) is 19.2 Å². The van der Waals surface area contributed by atoms with Crippen molar-refractivity contribution in [3.63, 3.8) is 0 Å². The third-order valence-corrected chi connectivity index (χ3v) is 3.98. The summed E-state index contributed by atoms with van der Waals surface area (Å²) in [7, 11) is 0. The predicted molar refractivity (Wildman–Crippen MR) is 77.1 cm³/mol. The van der Waals surface area contributed by atoms with Gasteiger partial charge < -0.3 is 10.4 Å². The van der Waals surface area contributed by atoms with Gasteiger partial charge in [0.05, 0.1) is 6.54 Å². The second-order valence-electron chi connectivity index (χ2n) is 5.74. The number of carboxylic acids is 1. The van der Waals surface area contributed by atoms with Gasteiger partial charge in [-0.25, -0.2) is 0 Å². The molecular weight excluding hydrogens is 329 g/mol. The smallest absolute Gasteiger partial charge is 0.435 e. The number of carbonyl (C=O) groups excluding carboxylic acids is 1. The SMILES string of the molecule is CCN(CC(=O)O)C1CC(NC(=O)Cn2ccc(C(F)(F)F)n2)C1. The number of rotatable bonds is 7. The summed E-state index contributed by atoms with van der Waals surface area (Å²) in [6.45, 7) is 2.13. The summed E-state index contributed by atoms with van der Waals surface area (Å²) in [5.74, 6) is -1.32. The molecule has 0 spiro atoms. The van der Waals surface area contributed by atoms with Gasteiger partial charge in [-0.2, -0.15) is 18.3 Å². The maximum atomic E-state index is 12.4. The number of nitrogens with one attached hydrogen (secondary N) is 1. The minimum Gasteiger partial charge on any atom is -0.480 e. The molecule has 0 aliphatic heterocycles. The van der Waals surface area contributed by atoms with Crippen molar-refractivity contribution in [3.8, 4) is 0 Å². The van der Waals surface area contributed by atoms with Gasteiger partial charge in [0.15, 0.2) is 5.69 Å². The number of hydrogen-bond acceptors (Lipinski definition) is 4. The van der Waals surface area contributed by atoms with Gasteiger partial charge >= 0.3 is 12.1 Å². The Labute approximate surface area is 136 Å². The van der Waals surface area contributed by atoms with Crippen LogP contribution in [0.1, 0.15) is 25.5 Å². The maximum Gasteiger partial charge on any atom is 0.435 e. The third kappa shape index (κ3) is 4.70. The van der Waals surface area contributed by atoms with Crippen LogP contribution in [-0.2, 0) is 22.3 Å². The molecule has 1 aromatic heterocycles. The van der Waals surface area contributed by atoms with Crippen LogP contribution < -0.4 is 5.32 Å². The minimum atomic E-state index is -4.53. The van der Waals surface area contributed by atoms with Crippen molar-refractivity contribution >= 4 is 11.9 Å². The van der Waals surface area contributed by atoms with E-state index in [1.807, 2.05) is 11.8 Å². The van der Waals surface area contributed by atoms with E-state index in [9.17, 15) is 22.8 Å². The van der Waals surface area contributed by atoms with Gasteiger partial charge in [0.25, 0.3) is 0 Å². The number of alkyl halides is 3. The van der Waals surface area contributed by atoms with Crippen LogP contribution >= 0.6 is 0 Å². The summed E-state index contributed by atoms with van der Waals surface area (Å²) < 4.78 is 38.2. The lowest BCUT2D eigenvalue weighted by molar-refractivity contribution is -0.142. The molecule has 134 valence electrons. The Balaban J connectivity index is 1.76. The van der Waals surface area contributed by atoms with Gasteiger partial charge in [-0.15, -0.1) is 0 Å². The highest BCUT2D eigenvalue weighted by Gasteiger charge is 2.35. The first kappa shape index (κ1) is 18.2. The van der Waals surface area contributed by atoms with Gasteiger partial charge in [0.1, 0.15) is 6.54 Å². The van der Waals surface area contributed by atoms with E-state index < -0.39 is 23.7 Å². The fourth-order valence-electron chi connectivity index (χ4n) is 2.70. The first-order valence-corrected chi connectivity index (χ1v) is 7.55. The van der Waals surface area contributed by atoms with E-state index in [1.165, 1.54) is 0 Å². The zero-order valence-corrected chi connectivity index (χ0v) is 13.1. The van der Waals surface area contributed by atoms with Crippen molar-refractivity contribution in [1.82, 2.24) is 20.0 Å². The number of carboxylic acid groups (broad SMARTS) is 1. The topological polar surface area (TPSA) is 87.5 Å². The highest BCUT2D eigenvalue weighted by Crippen LogP contribution is 2.27. The number of hydrogen-bond donors (Lipinski definition) is 2. The molecule has 0 atom stereocenters. The zero-order valence-electron chi connectivity index (χ0n) is 13.1. The molecule has 0 radical (unpaired) electrons. The van der Waals surface area contributed by atoms with Crippen LogP contribution in [-0.4, -0.2) is 56.8 Å². The quantitative estimate of drug-likeness (QED) is 0.766. The van der Waals surface area contributed by atoms with Crippen LogP contribution in [0.3, 0.4) is 0 Å². The predicted octanol–water partition coefficient (Wildman–Crippen LogP) is 0.956. The number of nitrogens with zero attached hydrogens (tertiary/aromatic N) is 3. The molecule has 1 heterocycles. The lowest BCUT2D eigenvalue weighted by atomic mass is 9.85. The molecule has 2 N–H and O–H groups in total. The fourth-order valence-corrected chi connectivity index (χ4v) is 2.70. The molecule has 1 amide bonds. The molecule has 0 bridgehead atoms. The Morgan fingerprint density at radius 1 is 1.46 bits per heavy atom. The van der Waals surface area contributed by atoms with Crippen LogP contribution in [0.2, 0.25) is 0 Å². The lowest BCUT2D eigenvalue weighted by Crippen LogP contribution is -2.55. The summed E-state index contributed by atoms with van der Waals surface area (Å²) in [5.41, 5.74) is -1.04. The summed E-state index contributed by atoms with van der Waals surface area (Å²) >= 11 is 0. The molecule has 10 heteroatoms. The van der Waals surface area contributed by atoms with Crippen molar-refractivity contribution in [2.45, 2.75) is 44.6 Å². The largest absolute Gasteiger partial charge is 0.480 e. The average molecular weight is 348 g/mol. The van der Waals surface area contributed by atoms with Crippen molar-refractivity contribution < 1.29 is 27.9 Å². The van der Waals surface area contributed by atoms with Crippen LogP contribution in [0, 0.1) is 0 Å². The molecule has 0 unspecified atom stereocenters. The number of likely N-dealkylation sites (N-methyl/N-ethyl adjacent to an activating group) is 1. The Morgan fingerprint density at radius 2 is 2.12 bits per heavy atom. The van der Waals surface area contributed by atoms with Crippen LogP contribution in [0.5, 0.6) is 0 Å². The van der Waals surface area contributed by atoms with E-state index >= 15 is 0 Å². The molecule has 1 aromatic rings. The highest BCUT2D eigenvalue weighted by atomic mass is 19.4. The molecule has 1 aliphatic carbocycles. The van der Waals surface area contributed by atoms with Crippen LogP contribution in [0.15, 0.2) is 12.3 Å². The molecule has 0 aromatic carbocycles. The summed E-state index contributed by atoms with van der Waals surface area (Å²) in [6, 6.07) is 0.818. The van der Waals surface area contributed by atoms with Gasteiger partial charge in [0, 0.05) is 18.3 Å². The Kier molecular flexibility index (Phi) is 5.47. The summed E-state index contributed by atoms with van der Waals surface area (Å²) in [6.07, 6.45) is -2.17. The summed E-state index contributed by atoms with van der Waals surface area (Å²) in [5, 5.41) is 14.9. The van der Waals surface area contributed by atoms with Crippen molar-refractivity contribution in [2.24, 2.45) is 0 Å².